The van der Waals surface area contributed by atoms with Crippen LogP contribution in [0.3, 0.4) is 0 Å². The fraction of sp³-hybridized carbons (Fsp3) is 0.417. The van der Waals surface area contributed by atoms with Crippen LogP contribution in [-0.4, -0.2) is 54.4 Å². The van der Waals surface area contributed by atoms with Crippen LogP contribution in [0.2, 0.25) is 0 Å². The first-order valence-corrected chi connectivity index (χ1v) is 10.5. The summed E-state index contributed by atoms with van der Waals surface area (Å²) in [6, 6.07) is 19.7. The molecule has 0 atom stereocenters. The van der Waals surface area contributed by atoms with Gasteiger partial charge in [0.1, 0.15) is 5.75 Å². The van der Waals surface area contributed by atoms with E-state index in [2.05, 4.69) is 12.1 Å². The maximum absolute atomic E-state index is 12.6. The molecule has 5 nitrogen and oxygen atoms in total. The third-order valence-electron chi connectivity index (χ3n) is 5.22. The second-order valence-electron chi connectivity index (χ2n) is 7.37. The zero-order valence-corrected chi connectivity index (χ0v) is 17.0. The van der Waals surface area contributed by atoms with E-state index < -0.39 is 0 Å². The molecule has 2 aromatic carbocycles. The average molecular weight is 395 g/mol. The minimum atomic E-state index is 0.153. The third-order valence-corrected chi connectivity index (χ3v) is 5.22. The highest BCUT2D eigenvalue weighted by Gasteiger charge is 2.21. The maximum Gasteiger partial charge on any atom is 0.222 e. The first kappa shape index (κ1) is 20.9. The Morgan fingerprint density at radius 1 is 0.759 bits per heavy atom. The van der Waals surface area contributed by atoms with Crippen molar-refractivity contribution in [2.24, 2.45) is 0 Å². The van der Waals surface area contributed by atoms with Crippen LogP contribution in [0, 0.1) is 0 Å². The number of para-hydroxylation sites is 1. The molecule has 3 rings (SSSR count). The molecule has 1 saturated heterocycles. The van der Waals surface area contributed by atoms with Crippen molar-refractivity contribution < 1.29 is 14.3 Å². The number of hydrogen-bond acceptors (Lipinski definition) is 3. The summed E-state index contributed by atoms with van der Waals surface area (Å²) in [5.41, 5.74) is 1.19. The molecule has 1 aliphatic heterocycles. The van der Waals surface area contributed by atoms with E-state index in [1.54, 1.807) is 0 Å². The topological polar surface area (TPSA) is 49.9 Å². The van der Waals surface area contributed by atoms with Crippen molar-refractivity contribution in [2.75, 3.05) is 32.8 Å². The Morgan fingerprint density at radius 3 is 2.00 bits per heavy atom. The fourth-order valence-corrected chi connectivity index (χ4v) is 3.56. The monoisotopic (exact) mass is 394 g/mol. The molecule has 0 saturated carbocycles. The van der Waals surface area contributed by atoms with Gasteiger partial charge >= 0.3 is 0 Å². The predicted molar refractivity (Wildman–Crippen MR) is 114 cm³/mol. The Bertz CT molecular complexity index is 764. The lowest BCUT2D eigenvalue weighted by molar-refractivity contribution is -0.133. The first-order chi connectivity index (χ1) is 14.2. The number of carbonyl (C=O) groups is 2. The molecule has 0 unspecified atom stereocenters. The highest BCUT2D eigenvalue weighted by atomic mass is 16.5. The molecule has 1 aliphatic rings. The lowest BCUT2D eigenvalue weighted by atomic mass is 10.1. The molecule has 154 valence electrons. The van der Waals surface area contributed by atoms with Gasteiger partial charge in [0.05, 0.1) is 6.61 Å². The van der Waals surface area contributed by atoms with Crippen LogP contribution in [0.15, 0.2) is 60.7 Å². The average Bonchev–Trinajstić information content (AvgIpc) is 3.03. The molecule has 2 aromatic rings. The number of hydrogen-bond donors (Lipinski definition) is 0. The smallest absolute Gasteiger partial charge is 0.222 e. The molecule has 1 fully saturated rings. The van der Waals surface area contributed by atoms with Crippen molar-refractivity contribution in [2.45, 2.75) is 32.1 Å². The Balaban J connectivity index is 1.36. The first-order valence-electron chi connectivity index (χ1n) is 10.5. The van der Waals surface area contributed by atoms with Crippen LogP contribution >= 0.6 is 0 Å². The summed E-state index contributed by atoms with van der Waals surface area (Å²) in [4.78, 5) is 28.9. The lowest BCUT2D eigenvalue weighted by Gasteiger charge is -2.22. The van der Waals surface area contributed by atoms with E-state index in [1.807, 2.05) is 58.3 Å². The Labute approximate surface area is 173 Å². The van der Waals surface area contributed by atoms with Gasteiger partial charge in [-0.05, 0) is 37.0 Å². The SMILES string of the molecule is O=C(CCCOc1ccccc1)N1CCCN(C(=O)CCc2ccccc2)CC1. The van der Waals surface area contributed by atoms with Crippen molar-refractivity contribution in [3.05, 3.63) is 66.2 Å². The summed E-state index contributed by atoms with van der Waals surface area (Å²) < 4.78 is 5.66. The molecule has 29 heavy (non-hydrogen) atoms. The standard InChI is InChI=1S/C24H30N2O3/c27-23(13-7-20-29-22-11-5-2-6-12-22)25-16-8-17-26(19-18-25)24(28)15-14-21-9-3-1-4-10-21/h1-6,9-12H,7-8,13-20H2. The summed E-state index contributed by atoms with van der Waals surface area (Å²) in [6.45, 7) is 3.23. The van der Waals surface area contributed by atoms with Crippen LogP contribution in [0.25, 0.3) is 0 Å². The molecule has 0 aromatic heterocycles. The zero-order chi connectivity index (χ0) is 20.3. The summed E-state index contributed by atoms with van der Waals surface area (Å²) >= 11 is 0. The van der Waals surface area contributed by atoms with E-state index in [1.165, 1.54) is 5.56 Å². The van der Waals surface area contributed by atoms with Crippen LogP contribution in [0.5, 0.6) is 5.75 Å². The number of aryl methyl sites for hydroxylation is 1. The highest BCUT2D eigenvalue weighted by molar-refractivity contribution is 5.78. The van der Waals surface area contributed by atoms with Crippen molar-refractivity contribution in [3.63, 3.8) is 0 Å². The molecule has 0 bridgehead atoms. The molecular weight excluding hydrogens is 364 g/mol. The van der Waals surface area contributed by atoms with Gasteiger partial charge in [0, 0.05) is 39.0 Å². The van der Waals surface area contributed by atoms with Gasteiger partial charge in [-0.1, -0.05) is 48.5 Å². The van der Waals surface area contributed by atoms with Gasteiger partial charge in [0.15, 0.2) is 0 Å². The fourth-order valence-electron chi connectivity index (χ4n) is 3.56. The van der Waals surface area contributed by atoms with Crippen LogP contribution in [-0.2, 0) is 16.0 Å². The van der Waals surface area contributed by atoms with Crippen molar-refractivity contribution >= 4 is 11.8 Å². The normalized spacial score (nSPS) is 14.3. The van der Waals surface area contributed by atoms with Gasteiger partial charge in [-0.15, -0.1) is 0 Å². The van der Waals surface area contributed by atoms with Gasteiger partial charge < -0.3 is 14.5 Å². The number of ether oxygens (including phenoxy) is 1. The molecule has 0 aliphatic carbocycles. The van der Waals surface area contributed by atoms with Gasteiger partial charge in [-0.2, -0.15) is 0 Å². The van der Waals surface area contributed by atoms with E-state index in [0.717, 1.165) is 31.7 Å². The van der Waals surface area contributed by atoms with Gasteiger partial charge in [-0.25, -0.2) is 0 Å². The van der Waals surface area contributed by atoms with E-state index in [4.69, 9.17) is 4.74 Å². The summed E-state index contributed by atoms with van der Waals surface area (Å²) in [5, 5.41) is 0. The number of rotatable bonds is 8. The lowest BCUT2D eigenvalue weighted by Crippen LogP contribution is -2.37. The van der Waals surface area contributed by atoms with E-state index in [0.29, 0.717) is 39.0 Å². The summed E-state index contributed by atoms with van der Waals surface area (Å²) in [5.74, 6) is 1.17. The maximum atomic E-state index is 12.6. The number of benzene rings is 2. The molecule has 5 heteroatoms. The molecule has 1 heterocycles. The summed E-state index contributed by atoms with van der Waals surface area (Å²) in [7, 11) is 0. The van der Waals surface area contributed by atoms with E-state index in [9.17, 15) is 9.59 Å². The Morgan fingerprint density at radius 2 is 1.34 bits per heavy atom. The minimum Gasteiger partial charge on any atom is -0.494 e. The van der Waals surface area contributed by atoms with Gasteiger partial charge in [-0.3, -0.25) is 9.59 Å². The second kappa shape index (κ2) is 11.2. The van der Waals surface area contributed by atoms with Crippen LogP contribution in [0.1, 0.15) is 31.2 Å². The molecule has 0 N–H and O–H groups in total. The Kier molecular flexibility index (Phi) is 8.11. The quantitative estimate of drug-likeness (QED) is 0.644. The molecule has 0 spiro atoms. The van der Waals surface area contributed by atoms with Crippen molar-refractivity contribution in [1.29, 1.82) is 0 Å². The number of carbonyl (C=O) groups excluding carboxylic acids is 2. The largest absolute Gasteiger partial charge is 0.494 e. The van der Waals surface area contributed by atoms with Crippen LogP contribution < -0.4 is 4.74 Å². The Hall–Kier alpha value is -2.82. The van der Waals surface area contributed by atoms with E-state index in [-0.39, 0.29) is 11.8 Å². The zero-order valence-electron chi connectivity index (χ0n) is 17.0. The number of nitrogens with zero attached hydrogens (tertiary/aromatic N) is 2. The van der Waals surface area contributed by atoms with E-state index >= 15 is 0 Å². The molecule has 0 radical (unpaired) electrons. The van der Waals surface area contributed by atoms with Crippen molar-refractivity contribution in [3.8, 4) is 5.75 Å². The third kappa shape index (κ3) is 6.93. The summed E-state index contributed by atoms with van der Waals surface area (Å²) in [6.07, 6.45) is 3.30. The highest BCUT2D eigenvalue weighted by Crippen LogP contribution is 2.11. The van der Waals surface area contributed by atoms with Gasteiger partial charge in [0.2, 0.25) is 11.8 Å². The molecular formula is C24H30N2O3. The van der Waals surface area contributed by atoms with Crippen molar-refractivity contribution in [1.82, 2.24) is 9.80 Å². The minimum absolute atomic E-state index is 0.153. The second-order valence-corrected chi connectivity index (χ2v) is 7.37. The predicted octanol–water partition coefficient (Wildman–Crippen LogP) is 3.54. The molecule has 2 amide bonds. The van der Waals surface area contributed by atoms with Crippen LogP contribution in [0.4, 0.5) is 0 Å². The van der Waals surface area contributed by atoms with Gasteiger partial charge in [0.25, 0.3) is 0 Å². The number of amides is 2.